The molecule has 0 saturated carbocycles. The predicted octanol–water partition coefficient (Wildman–Crippen LogP) is 3.83. The Morgan fingerprint density at radius 2 is 1.63 bits per heavy atom. The zero-order chi connectivity index (χ0) is 28.0. The molecular formula is C30H33NO7. The Hall–Kier alpha value is -4.38. The van der Waals surface area contributed by atoms with E-state index in [0.29, 0.717) is 15.9 Å². The quantitative estimate of drug-likeness (QED) is 0.0483. The van der Waals surface area contributed by atoms with Crippen molar-refractivity contribution in [3.05, 3.63) is 89.1 Å². The van der Waals surface area contributed by atoms with Crippen molar-refractivity contribution in [3.8, 4) is 11.8 Å². The number of esters is 3. The van der Waals surface area contributed by atoms with Gasteiger partial charge in [-0.3, -0.25) is 9.59 Å². The van der Waals surface area contributed by atoms with E-state index in [1.54, 1.807) is 38.1 Å². The van der Waals surface area contributed by atoms with Crippen LogP contribution in [-0.2, 0) is 35.0 Å². The van der Waals surface area contributed by atoms with E-state index < -0.39 is 29.4 Å². The van der Waals surface area contributed by atoms with Crippen molar-refractivity contribution < 1.29 is 33.3 Å². The first-order valence-corrected chi connectivity index (χ1v) is 12.3. The van der Waals surface area contributed by atoms with Gasteiger partial charge in [0.25, 0.3) is 6.04 Å². The smallest absolute Gasteiger partial charge is 0.376 e. The number of methoxy groups -OCH3 is 1. The summed E-state index contributed by atoms with van der Waals surface area (Å²) in [7, 11) is 1.23. The highest BCUT2D eigenvalue weighted by atomic mass is 16.6. The molecule has 0 N–H and O–H groups in total. The first kappa shape index (κ1) is 29.8. The van der Waals surface area contributed by atoms with Crippen LogP contribution in [0.4, 0.5) is 0 Å². The molecule has 200 valence electrons. The van der Waals surface area contributed by atoms with Crippen molar-refractivity contribution in [3.63, 3.8) is 0 Å². The molecule has 0 saturated heterocycles. The van der Waals surface area contributed by atoms with Crippen LogP contribution < -0.4 is 0 Å². The molecule has 2 aromatic carbocycles. The van der Waals surface area contributed by atoms with Crippen molar-refractivity contribution in [1.82, 2.24) is 0 Å². The molecule has 0 spiro atoms. The summed E-state index contributed by atoms with van der Waals surface area (Å²) >= 11 is 0. The lowest BCUT2D eigenvalue weighted by molar-refractivity contribution is -0.484. The molecule has 38 heavy (non-hydrogen) atoms. The minimum Gasteiger partial charge on any atom is -0.623 e. The molecule has 0 unspecified atom stereocenters. The third kappa shape index (κ3) is 7.81. The largest absolute Gasteiger partial charge is 0.623 e. The molecule has 0 bridgehead atoms. The molecule has 0 heterocycles. The highest BCUT2D eigenvalue weighted by molar-refractivity contribution is 6.00. The summed E-state index contributed by atoms with van der Waals surface area (Å²) in [4.78, 5) is 38.0. The Labute approximate surface area is 223 Å². The fourth-order valence-electron chi connectivity index (χ4n) is 3.74. The Kier molecular flexibility index (Phi) is 11.8. The van der Waals surface area contributed by atoms with Gasteiger partial charge in [0.05, 0.1) is 25.9 Å². The fourth-order valence-corrected chi connectivity index (χ4v) is 3.74. The molecule has 0 radical (unpaired) electrons. The average molecular weight is 520 g/mol. The summed E-state index contributed by atoms with van der Waals surface area (Å²) in [5.41, 5.74) is 0.0764. The standard InChI is InChI=1S/C30H33NO7/c1-5-19-30(28(33)37-6-2,29(34)38-7-3)20-13-18-24-16-11-12-17-25(24)22-31(35)26(27(32)36-4)21-23-14-9-8-10-15-23/h5,8-12,14-17,22,26H,1,6-7,19-21H2,2-4H3/b31-22-/t26-/m0/s1. The van der Waals surface area contributed by atoms with Crippen LogP contribution in [0.25, 0.3) is 0 Å². The number of rotatable bonds is 12. The zero-order valence-corrected chi connectivity index (χ0v) is 22.0. The van der Waals surface area contributed by atoms with Crippen LogP contribution >= 0.6 is 0 Å². The average Bonchev–Trinajstić information content (AvgIpc) is 2.92. The van der Waals surface area contributed by atoms with Gasteiger partial charge in [0.15, 0.2) is 11.6 Å². The number of nitrogens with zero attached hydrogens (tertiary/aromatic N) is 1. The normalized spacial score (nSPS) is 11.9. The first-order chi connectivity index (χ1) is 18.3. The Morgan fingerprint density at radius 3 is 2.21 bits per heavy atom. The second kappa shape index (κ2) is 15.0. The van der Waals surface area contributed by atoms with Crippen molar-refractivity contribution in [2.45, 2.75) is 39.2 Å². The SMILES string of the molecule is C=CCC(CC#Cc1ccccc1/C=[N+](\[O-])[C@@H](Cc1ccccc1)C(=O)OC)(C(=O)OCC)C(=O)OCC. The van der Waals surface area contributed by atoms with Crippen molar-refractivity contribution >= 4 is 24.1 Å². The van der Waals surface area contributed by atoms with E-state index in [2.05, 4.69) is 18.4 Å². The van der Waals surface area contributed by atoms with Gasteiger partial charge in [0.1, 0.15) is 0 Å². The molecule has 2 rings (SSSR count). The van der Waals surface area contributed by atoms with E-state index in [9.17, 15) is 19.6 Å². The maximum atomic E-state index is 13.1. The van der Waals surface area contributed by atoms with Gasteiger partial charge in [0, 0.05) is 18.4 Å². The number of carbonyl (C=O) groups is 3. The van der Waals surface area contributed by atoms with Gasteiger partial charge in [-0.2, -0.15) is 4.74 Å². The first-order valence-electron chi connectivity index (χ1n) is 12.3. The number of carbonyl (C=O) groups excluding carboxylic acids is 3. The van der Waals surface area contributed by atoms with Gasteiger partial charge in [-0.15, -0.1) is 6.58 Å². The molecule has 0 aliphatic carbocycles. The maximum absolute atomic E-state index is 13.1. The second-order valence-electron chi connectivity index (χ2n) is 8.30. The molecule has 0 fully saturated rings. The predicted molar refractivity (Wildman–Crippen MR) is 143 cm³/mol. The van der Waals surface area contributed by atoms with Crippen LogP contribution in [0.15, 0.2) is 67.3 Å². The molecule has 0 aliphatic rings. The lowest BCUT2D eigenvalue weighted by Gasteiger charge is -2.26. The van der Waals surface area contributed by atoms with E-state index in [4.69, 9.17) is 14.2 Å². The summed E-state index contributed by atoms with van der Waals surface area (Å²) < 4.78 is 15.7. The van der Waals surface area contributed by atoms with Gasteiger partial charge in [-0.25, -0.2) is 4.79 Å². The zero-order valence-electron chi connectivity index (χ0n) is 22.0. The second-order valence-corrected chi connectivity index (χ2v) is 8.30. The van der Waals surface area contributed by atoms with Crippen molar-refractivity contribution in [1.29, 1.82) is 0 Å². The number of benzene rings is 2. The van der Waals surface area contributed by atoms with E-state index in [1.165, 1.54) is 19.4 Å². The minimum atomic E-state index is -1.66. The minimum absolute atomic E-state index is 0.0122. The van der Waals surface area contributed by atoms with Gasteiger partial charge < -0.3 is 19.4 Å². The molecule has 8 nitrogen and oxygen atoms in total. The summed E-state index contributed by atoms with van der Waals surface area (Å²) in [6, 6.07) is 14.9. The third-order valence-corrected chi connectivity index (χ3v) is 5.72. The van der Waals surface area contributed by atoms with Gasteiger partial charge in [-0.05, 0) is 38.0 Å². The summed E-state index contributed by atoms with van der Waals surface area (Å²) in [5.74, 6) is 3.70. The van der Waals surface area contributed by atoms with Gasteiger partial charge in [0.2, 0.25) is 0 Å². The Bertz CT molecular complexity index is 1190. The van der Waals surface area contributed by atoms with E-state index in [0.717, 1.165) is 5.56 Å². The van der Waals surface area contributed by atoms with Crippen LogP contribution in [0.2, 0.25) is 0 Å². The third-order valence-electron chi connectivity index (χ3n) is 5.72. The molecule has 8 heteroatoms. The summed E-state index contributed by atoms with van der Waals surface area (Å²) in [6.45, 7) is 7.14. The van der Waals surface area contributed by atoms with E-state index in [1.807, 2.05) is 30.3 Å². The summed E-state index contributed by atoms with van der Waals surface area (Å²) in [6.07, 6.45) is 2.70. The Morgan fingerprint density at radius 1 is 1.03 bits per heavy atom. The molecule has 0 aromatic heterocycles. The van der Waals surface area contributed by atoms with Crippen molar-refractivity contribution in [2.75, 3.05) is 20.3 Å². The Balaban J connectivity index is 2.43. The van der Waals surface area contributed by atoms with Crippen LogP contribution in [-0.4, -0.2) is 55.2 Å². The molecule has 0 amide bonds. The maximum Gasteiger partial charge on any atom is 0.376 e. The summed E-state index contributed by atoms with van der Waals surface area (Å²) in [5, 5.41) is 13.1. The molecule has 0 aliphatic heterocycles. The number of hydrogen-bond donors (Lipinski definition) is 0. The molecule has 2 aromatic rings. The fraction of sp³-hybridized carbons (Fsp3) is 0.333. The highest BCUT2D eigenvalue weighted by Crippen LogP contribution is 2.31. The van der Waals surface area contributed by atoms with E-state index >= 15 is 0 Å². The number of ether oxygens (including phenoxy) is 3. The van der Waals surface area contributed by atoms with Gasteiger partial charge >= 0.3 is 17.9 Å². The van der Waals surface area contributed by atoms with Crippen molar-refractivity contribution in [2.24, 2.45) is 5.41 Å². The molecular weight excluding hydrogens is 486 g/mol. The number of hydrogen-bond acceptors (Lipinski definition) is 7. The van der Waals surface area contributed by atoms with Gasteiger partial charge in [-0.1, -0.05) is 60.4 Å². The van der Waals surface area contributed by atoms with Crippen LogP contribution in [0, 0.1) is 22.5 Å². The highest BCUT2D eigenvalue weighted by Gasteiger charge is 2.47. The lowest BCUT2D eigenvalue weighted by Crippen LogP contribution is -2.41. The van der Waals surface area contributed by atoms with Crippen LogP contribution in [0.3, 0.4) is 0 Å². The number of hydroxylamine groups is 1. The number of allylic oxidation sites excluding steroid dienone is 1. The van der Waals surface area contributed by atoms with Crippen LogP contribution in [0.1, 0.15) is 43.4 Å². The van der Waals surface area contributed by atoms with Crippen LogP contribution in [0.5, 0.6) is 0 Å². The molecule has 1 atom stereocenters. The topological polar surface area (TPSA) is 105 Å². The lowest BCUT2D eigenvalue weighted by atomic mass is 9.81. The van der Waals surface area contributed by atoms with E-state index in [-0.39, 0.29) is 32.5 Å². The monoisotopic (exact) mass is 519 g/mol.